The molecule has 0 aliphatic carbocycles. The normalized spacial score (nSPS) is 11.0. The number of nitrogens with one attached hydrogen (secondary N) is 2. The summed E-state index contributed by atoms with van der Waals surface area (Å²) in [5.41, 5.74) is 0. The minimum atomic E-state index is -3.64. The maximum Gasteiger partial charge on any atom is 0.307 e. The number of esters is 1. The average Bonchev–Trinajstić information content (AvgIpc) is 2.51. The van der Waals surface area contributed by atoms with Gasteiger partial charge in [-0.1, -0.05) is 25.1 Å². The molecule has 0 spiro atoms. The summed E-state index contributed by atoms with van der Waals surface area (Å²) >= 11 is 0. The fraction of sp³-hybridized carbons (Fsp3) is 0.429. The number of sulfonamides is 1. The number of rotatable bonds is 9. The molecule has 122 valence electrons. The zero-order valence-corrected chi connectivity index (χ0v) is 13.2. The van der Waals surface area contributed by atoms with E-state index in [2.05, 4.69) is 10.0 Å². The number of ether oxygens (including phenoxy) is 1. The Bertz CT molecular complexity index is 587. The summed E-state index contributed by atoms with van der Waals surface area (Å²) in [4.78, 5) is 22.8. The second-order valence-electron chi connectivity index (χ2n) is 4.47. The molecule has 8 heteroatoms. The van der Waals surface area contributed by atoms with Gasteiger partial charge in [0.05, 0.1) is 11.3 Å². The maximum atomic E-state index is 11.9. The molecule has 1 aromatic carbocycles. The van der Waals surface area contributed by atoms with Crippen LogP contribution in [0.1, 0.15) is 19.8 Å². The molecule has 0 fully saturated rings. The fourth-order valence-electron chi connectivity index (χ4n) is 1.50. The van der Waals surface area contributed by atoms with Gasteiger partial charge in [0.25, 0.3) is 5.91 Å². The van der Waals surface area contributed by atoms with Gasteiger partial charge in [-0.15, -0.1) is 0 Å². The monoisotopic (exact) mass is 328 g/mol. The van der Waals surface area contributed by atoms with Crippen molar-refractivity contribution in [3.8, 4) is 0 Å². The molecule has 0 saturated heterocycles. The Hall–Kier alpha value is -1.93. The third-order valence-corrected chi connectivity index (χ3v) is 4.09. The Morgan fingerprint density at radius 3 is 2.45 bits per heavy atom. The lowest BCUT2D eigenvalue weighted by atomic mass is 10.4. The number of carbonyl (C=O) groups excluding carboxylic acids is 2. The Balaban J connectivity index is 2.29. The highest BCUT2D eigenvalue weighted by molar-refractivity contribution is 7.89. The van der Waals surface area contributed by atoms with Crippen molar-refractivity contribution in [1.29, 1.82) is 0 Å². The molecule has 7 nitrogen and oxygen atoms in total. The maximum absolute atomic E-state index is 11.9. The van der Waals surface area contributed by atoms with Gasteiger partial charge in [-0.05, 0) is 18.6 Å². The van der Waals surface area contributed by atoms with Crippen LogP contribution in [0.15, 0.2) is 35.2 Å². The number of hydrogen-bond donors (Lipinski definition) is 2. The summed E-state index contributed by atoms with van der Waals surface area (Å²) in [7, 11) is -3.64. The van der Waals surface area contributed by atoms with E-state index in [1.807, 2.05) is 6.92 Å². The van der Waals surface area contributed by atoms with Crippen LogP contribution in [0.2, 0.25) is 0 Å². The van der Waals surface area contributed by atoms with Gasteiger partial charge in [-0.25, -0.2) is 13.1 Å². The van der Waals surface area contributed by atoms with Crippen LogP contribution in [-0.4, -0.2) is 40.0 Å². The van der Waals surface area contributed by atoms with Gasteiger partial charge in [0.15, 0.2) is 6.61 Å². The number of carbonyl (C=O) groups is 2. The van der Waals surface area contributed by atoms with E-state index in [9.17, 15) is 18.0 Å². The van der Waals surface area contributed by atoms with Crippen LogP contribution in [-0.2, 0) is 24.3 Å². The zero-order chi connectivity index (χ0) is 16.4. The average molecular weight is 328 g/mol. The standard InChI is InChI=1S/C14H20N2O5S/c1-2-9-15-13(17)11-21-14(18)8-10-16-22(19,20)12-6-4-3-5-7-12/h3-7,16H,2,8-11H2,1H3,(H,15,17). The van der Waals surface area contributed by atoms with E-state index in [-0.39, 0.29) is 30.4 Å². The van der Waals surface area contributed by atoms with Gasteiger partial charge in [0, 0.05) is 13.1 Å². The van der Waals surface area contributed by atoms with Gasteiger partial charge in [0.2, 0.25) is 10.0 Å². The highest BCUT2D eigenvalue weighted by atomic mass is 32.2. The van der Waals surface area contributed by atoms with Crippen LogP contribution in [0.4, 0.5) is 0 Å². The van der Waals surface area contributed by atoms with Gasteiger partial charge in [0.1, 0.15) is 0 Å². The van der Waals surface area contributed by atoms with E-state index in [1.165, 1.54) is 12.1 Å². The van der Waals surface area contributed by atoms with Crippen molar-refractivity contribution in [2.45, 2.75) is 24.7 Å². The molecule has 0 atom stereocenters. The quantitative estimate of drug-likeness (QED) is 0.640. The summed E-state index contributed by atoms with van der Waals surface area (Å²) in [6, 6.07) is 7.84. The van der Waals surface area contributed by atoms with Crippen LogP contribution in [0.3, 0.4) is 0 Å². The predicted molar refractivity (Wildman–Crippen MR) is 80.5 cm³/mol. The second kappa shape index (κ2) is 9.16. The van der Waals surface area contributed by atoms with E-state index in [4.69, 9.17) is 4.74 Å². The van der Waals surface area contributed by atoms with E-state index in [0.29, 0.717) is 6.54 Å². The summed E-state index contributed by atoms with van der Waals surface area (Å²) in [5, 5.41) is 2.56. The first-order valence-electron chi connectivity index (χ1n) is 6.92. The molecule has 0 saturated carbocycles. The lowest BCUT2D eigenvalue weighted by molar-refractivity contribution is -0.148. The highest BCUT2D eigenvalue weighted by Crippen LogP contribution is 2.06. The third-order valence-electron chi connectivity index (χ3n) is 2.61. The Labute approximate surface area is 130 Å². The first kappa shape index (κ1) is 18.1. The summed E-state index contributed by atoms with van der Waals surface area (Å²) < 4.78 is 30.8. The zero-order valence-electron chi connectivity index (χ0n) is 12.4. The van der Waals surface area contributed by atoms with Crippen LogP contribution < -0.4 is 10.0 Å². The smallest absolute Gasteiger partial charge is 0.307 e. The molecular formula is C14H20N2O5S. The molecule has 0 heterocycles. The molecule has 0 bridgehead atoms. The summed E-state index contributed by atoms with van der Waals surface area (Å²) in [5.74, 6) is -1.01. The van der Waals surface area contributed by atoms with Crippen molar-refractivity contribution in [3.05, 3.63) is 30.3 Å². The third kappa shape index (κ3) is 6.68. The molecule has 0 aliphatic rings. The van der Waals surface area contributed by atoms with E-state index in [0.717, 1.165) is 6.42 Å². The van der Waals surface area contributed by atoms with Gasteiger partial charge >= 0.3 is 5.97 Å². The Kier molecular flexibility index (Phi) is 7.55. The minimum Gasteiger partial charge on any atom is -0.456 e. The van der Waals surface area contributed by atoms with Crippen molar-refractivity contribution >= 4 is 21.9 Å². The first-order chi connectivity index (χ1) is 10.5. The number of amides is 1. The van der Waals surface area contributed by atoms with E-state index < -0.39 is 16.0 Å². The van der Waals surface area contributed by atoms with Gasteiger partial charge in [-0.3, -0.25) is 9.59 Å². The van der Waals surface area contributed by atoms with Crippen LogP contribution >= 0.6 is 0 Å². The molecule has 0 aliphatic heterocycles. The second-order valence-corrected chi connectivity index (χ2v) is 6.24. The lowest BCUT2D eigenvalue weighted by Gasteiger charge is -2.07. The Morgan fingerprint density at radius 2 is 1.82 bits per heavy atom. The van der Waals surface area contributed by atoms with Crippen molar-refractivity contribution in [3.63, 3.8) is 0 Å². The van der Waals surface area contributed by atoms with Crippen molar-refractivity contribution < 1.29 is 22.7 Å². The van der Waals surface area contributed by atoms with Crippen LogP contribution in [0.5, 0.6) is 0 Å². The minimum absolute atomic E-state index is 0.0906. The molecule has 0 aromatic heterocycles. The molecule has 0 unspecified atom stereocenters. The van der Waals surface area contributed by atoms with Crippen molar-refractivity contribution in [2.24, 2.45) is 0 Å². The number of benzene rings is 1. The van der Waals surface area contributed by atoms with Crippen LogP contribution in [0, 0.1) is 0 Å². The SMILES string of the molecule is CCCNC(=O)COC(=O)CCNS(=O)(=O)c1ccccc1. The van der Waals surface area contributed by atoms with Crippen molar-refractivity contribution in [2.75, 3.05) is 19.7 Å². The summed E-state index contributed by atoms with van der Waals surface area (Å²) in [6.07, 6.45) is 0.647. The number of hydrogen-bond acceptors (Lipinski definition) is 5. The van der Waals surface area contributed by atoms with E-state index >= 15 is 0 Å². The molecular weight excluding hydrogens is 308 g/mol. The van der Waals surface area contributed by atoms with E-state index in [1.54, 1.807) is 18.2 Å². The molecule has 22 heavy (non-hydrogen) atoms. The molecule has 0 radical (unpaired) electrons. The Morgan fingerprint density at radius 1 is 1.14 bits per heavy atom. The molecule has 1 amide bonds. The largest absolute Gasteiger partial charge is 0.456 e. The fourth-order valence-corrected chi connectivity index (χ4v) is 2.56. The first-order valence-corrected chi connectivity index (χ1v) is 8.41. The molecule has 2 N–H and O–H groups in total. The summed E-state index contributed by atoms with van der Waals surface area (Å²) in [6.45, 7) is 1.98. The predicted octanol–water partition coefficient (Wildman–Crippen LogP) is 0.424. The molecule has 1 aromatic rings. The highest BCUT2D eigenvalue weighted by Gasteiger charge is 2.14. The topological polar surface area (TPSA) is 102 Å². The van der Waals surface area contributed by atoms with Crippen molar-refractivity contribution in [1.82, 2.24) is 10.0 Å². The van der Waals surface area contributed by atoms with Gasteiger partial charge in [-0.2, -0.15) is 0 Å². The lowest BCUT2D eigenvalue weighted by Crippen LogP contribution is -2.30. The van der Waals surface area contributed by atoms with Gasteiger partial charge < -0.3 is 10.1 Å². The van der Waals surface area contributed by atoms with Crippen LogP contribution in [0.25, 0.3) is 0 Å². The molecule has 1 rings (SSSR count).